The standard InChI is InChI=1S/C13H18Cl2N2O3/c1-20-5-4-16-8-13(19)17-7-12(18)10-3-2-9(14)6-11(10)15/h2-3,6,12,16,18H,4-5,7-8H2,1H3,(H,17,19). The lowest BCUT2D eigenvalue weighted by Crippen LogP contribution is -2.37. The second-order valence-corrected chi connectivity index (χ2v) is 5.00. The van der Waals surface area contributed by atoms with Gasteiger partial charge in [-0.3, -0.25) is 4.79 Å². The van der Waals surface area contributed by atoms with E-state index in [1.807, 2.05) is 0 Å². The molecule has 1 atom stereocenters. The van der Waals surface area contributed by atoms with Crippen LogP contribution >= 0.6 is 23.2 Å². The molecule has 0 aliphatic heterocycles. The van der Waals surface area contributed by atoms with E-state index in [4.69, 9.17) is 27.9 Å². The monoisotopic (exact) mass is 320 g/mol. The molecule has 0 saturated heterocycles. The minimum Gasteiger partial charge on any atom is -0.387 e. The largest absolute Gasteiger partial charge is 0.387 e. The summed E-state index contributed by atoms with van der Waals surface area (Å²) in [6, 6.07) is 4.83. The van der Waals surface area contributed by atoms with Crippen LogP contribution in [0.2, 0.25) is 10.0 Å². The molecule has 0 bridgehead atoms. The van der Waals surface area contributed by atoms with Crippen molar-refractivity contribution in [3.63, 3.8) is 0 Å². The van der Waals surface area contributed by atoms with E-state index < -0.39 is 6.10 Å². The molecule has 20 heavy (non-hydrogen) atoms. The lowest BCUT2D eigenvalue weighted by Gasteiger charge is -2.14. The van der Waals surface area contributed by atoms with Gasteiger partial charge in [-0.2, -0.15) is 0 Å². The number of nitrogens with one attached hydrogen (secondary N) is 2. The Morgan fingerprint density at radius 2 is 2.20 bits per heavy atom. The first-order chi connectivity index (χ1) is 9.54. The molecular weight excluding hydrogens is 303 g/mol. The van der Waals surface area contributed by atoms with Crippen LogP contribution in [-0.4, -0.2) is 44.4 Å². The number of aliphatic hydroxyl groups is 1. The molecule has 0 saturated carbocycles. The number of rotatable bonds is 8. The van der Waals surface area contributed by atoms with Crippen molar-refractivity contribution in [1.29, 1.82) is 0 Å². The highest BCUT2D eigenvalue weighted by atomic mass is 35.5. The third-order valence-corrected chi connectivity index (χ3v) is 3.15. The minimum absolute atomic E-state index is 0.0894. The van der Waals surface area contributed by atoms with Crippen molar-refractivity contribution in [2.24, 2.45) is 0 Å². The third kappa shape index (κ3) is 6.07. The van der Waals surface area contributed by atoms with Crippen molar-refractivity contribution in [1.82, 2.24) is 10.6 Å². The first-order valence-corrected chi connectivity index (χ1v) is 6.89. The number of hydrogen-bond donors (Lipinski definition) is 3. The van der Waals surface area contributed by atoms with Crippen molar-refractivity contribution >= 4 is 29.1 Å². The average molecular weight is 321 g/mol. The molecule has 1 amide bonds. The van der Waals surface area contributed by atoms with Crippen LogP contribution in [0.3, 0.4) is 0 Å². The summed E-state index contributed by atoms with van der Waals surface area (Å²) in [6.07, 6.45) is -0.873. The number of methoxy groups -OCH3 is 1. The van der Waals surface area contributed by atoms with E-state index in [1.54, 1.807) is 25.3 Å². The van der Waals surface area contributed by atoms with E-state index in [0.717, 1.165) is 0 Å². The summed E-state index contributed by atoms with van der Waals surface area (Å²) in [5, 5.41) is 16.4. The molecule has 0 aliphatic carbocycles. The summed E-state index contributed by atoms with van der Waals surface area (Å²) in [5.41, 5.74) is 0.531. The molecule has 5 nitrogen and oxygen atoms in total. The van der Waals surface area contributed by atoms with Gasteiger partial charge in [0.1, 0.15) is 0 Å². The molecule has 1 unspecified atom stereocenters. The van der Waals surface area contributed by atoms with E-state index in [1.165, 1.54) is 0 Å². The summed E-state index contributed by atoms with van der Waals surface area (Å²) in [7, 11) is 1.59. The zero-order valence-corrected chi connectivity index (χ0v) is 12.7. The normalized spacial score (nSPS) is 12.2. The Labute approximate surface area is 128 Å². The van der Waals surface area contributed by atoms with Crippen LogP contribution in [0, 0.1) is 0 Å². The second-order valence-electron chi connectivity index (χ2n) is 4.16. The van der Waals surface area contributed by atoms with E-state index in [2.05, 4.69) is 10.6 Å². The fraction of sp³-hybridized carbons (Fsp3) is 0.462. The lowest BCUT2D eigenvalue weighted by atomic mass is 10.1. The number of amides is 1. The van der Waals surface area contributed by atoms with E-state index in [0.29, 0.717) is 28.8 Å². The SMILES string of the molecule is COCCNCC(=O)NCC(O)c1ccc(Cl)cc1Cl. The Hall–Kier alpha value is -0.850. The van der Waals surface area contributed by atoms with Crippen LogP contribution in [0.25, 0.3) is 0 Å². The maximum Gasteiger partial charge on any atom is 0.234 e. The van der Waals surface area contributed by atoms with Gasteiger partial charge in [0.05, 0.1) is 19.3 Å². The molecule has 0 radical (unpaired) electrons. The molecule has 3 N–H and O–H groups in total. The molecule has 1 aromatic carbocycles. The summed E-state index contributed by atoms with van der Waals surface area (Å²) in [6.45, 7) is 1.39. The molecule has 0 heterocycles. The Balaban J connectivity index is 2.35. The summed E-state index contributed by atoms with van der Waals surface area (Å²) in [4.78, 5) is 11.5. The first-order valence-electron chi connectivity index (χ1n) is 6.14. The Morgan fingerprint density at radius 1 is 1.45 bits per heavy atom. The molecule has 0 aromatic heterocycles. The van der Waals surface area contributed by atoms with E-state index in [-0.39, 0.29) is 19.0 Å². The highest BCUT2D eigenvalue weighted by molar-refractivity contribution is 6.35. The van der Waals surface area contributed by atoms with Crippen LogP contribution in [0.5, 0.6) is 0 Å². The maximum absolute atomic E-state index is 11.5. The lowest BCUT2D eigenvalue weighted by molar-refractivity contribution is -0.120. The summed E-state index contributed by atoms with van der Waals surface area (Å²) in [5.74, 6) is -0.203. The molecule has 0 spiro atoms. The Bertz CT molecular complexity index is 444. The van der Waals surface area contributed by atoms with Crippen LogP contribution in [0.15, 0.2) is 18.2 Å². The molecular formula is C13H18Cl2N2O3. The van der Waals surface area contributed by atoms with Gasteiger partial charge in [-0.25, -0.2) is 0 Å². The number of hydrogen-bond acceptors (Lipinski definition) is 4. The zero-order chi connectivity index (χ0) is 15.0. The topological polar surface area (TPSA) is 70.6 Å². The molecule has 0 fully saturated rings. The van der Waals surface area contributed by atoms with Gasteiger partial charge in [0, 0.05) is 35.8 Å². The van der Waals surface area contributed by atoms with Crippen molar-refractivity contribution in [3.8, 4) is 0 Å². The fourth-order valence-electron chi connectivity index (χ4n) is 1.53. The number of carbonyl (C=O) groups excluding carboxylic acids is 1. The zero-order valence-electron chi connectivity index (χ0n) is 11.2. The van der Waals surface area contributed by atoms with Gasteiger partial charge in [-0.15, -0.1) is 0 Å². The number of ether oxygens (including phenoxy) is 1. The van der Waals surface area contributed by atoms with Gasteiger partial charge in [0.25, 0.3) is 0 Å². The van der Waals surface area contributed by atoms with Gasteiger partial charge in [0.2, 0.25) is 5.91 Å². The van der Waals surface area contributed by atoms with Crippen molar-refractivity contribution in [2.75, 3.05) is 33.4 Å². The number of benzene rings is 1. The predicted octanol–water partition coefficient (Wildman–Crippen LogP) is 1.38. The van der Waals surface area contributed by atoms with Gasteiger partial charge in [-0.1, -0.05) is 29.3 Å². The molecule has 112 valence electrons. The van der Waals surface area contributed by atoms with Crippen LogP contribution < -0.4 is 10.6 Å². The average Bonchev–Trinajstić information content (AvgIpc) is 2.41. The molecule has 1 aromatic rings. The Morgan fingerprint density at radius 3 is 2.85 bits per heavy atom. The number of aliphatic hydroxyl groups excluding tert-OH is 1. The van der Waals surface area contributed by atoms with E-state index >= 15 is 0 Å². The summed E-state index contributed by atoms with van der Waals surface area (Å²) < 4.78 is 4.84. The summed E-state index contributed by atoms with van der Waals surface area (Å²) >= 11 is 11.8. The van der Waals surface area contributed by atoms with Gasteiger partial charge >= 0.3 is 0 Å². The molecule has 0 aliphatic rings. The quantitative estimate of drug-likeness (QED) is 0.633. The highest BCUT2D eigenvalue weighted by Crippen LogP contribution is 2.25. The van der Waals surface area contributed by atoms with Crippen LogP contribution in [0.1, 0.15) is 11.7 Å². The van der Waals surface area contributed by atoms with Crippen molar-refractivity contribution in [2.45, 2.75) is 6.10 Å². The molecule has 1 rings (SSSR count). The Kier molecular flexibility index (Phi) is 7.87. The van der Waals surface area contributed by atoms with Crippen molar-refractivity contribution < 1.29 is 14.6 Å². The maximum atomic E-state index is 11.5. The fourth-order valence-corrected chi connectivity index (χ4v) is 2.07. The smallest absolute Gasteiger partial charge is 0.234 e. The van der Waals surface area contributed by atoms with Gasteiger partial charge < -0.3 is 20.5 Å². The van der Waals surface area contributed by atoms with Gasteiger partial charge in [-0.05, 0) is 12.1 Å². The second kappa shape index (κ2) is 9.15. The minimum atomic E-state index is -0.873. The number of carbonyl (C=O) groups is 1. The van der Waals surface area contributed by atoms with Crippen molar-refractivity contribution in [3.05, 3.63) is 33.8 Å². The highest BCUT2D eigenvalue weighted by Gasteiger charge is 2.13. The number of halogens is 2. The predicted molar refractivity (Wildman–Crippen MR) is 79.2 cm³/mol. The van der Waals surface area contributed by atoms with Gasteiger partial charge in [0.15, 0.2) is 0 Å². The molecule has 7 heteroatoms. The first kappa shape index (κ1) is 17.2. The van der Waals surface area contributed by atoms with Crippen LogP contribution in [0.4, 0.5) is 0 Å². The third-order valence-electron chi connectivity index (χ3n) is 2.58. The van der Waals surface area contributed by atoms with Crippen LogP contribution in [-0.2, 0) is 9.53 Å². The van der Waals surface area contributed by atoms with E-state index in [9.17, 15) is 9.90 Å².